The fourth-order valence-corrected chi connectivity index (χ4v) is 1.92. The molecule has 124 valence electrons. The second kappa shape index (κ2) is 7.79. The smallest absolute Gasteiger partial charge is 0.349 e. The van der Waals surface area contributed by atoms with Gasteiger partial charge in [0, 0.05) is 11.1 Å². The van der Waals surface area contributed by atoms with E-state index in [4.69, 9.17) is 0 Å². The van der Waals surface area contributed by atoms with Crippen molar-refractivity contribution >= 4 is 23.5 Å². The number of Topliss-reactive ketones (excluding diaryl/α,β-unsaturated/α-hetero) is 2. The van der Waals surface area contributed by atoms with Crippen LogP contribution in [0.1, 0.15) is 20.7 Å². The van der Waals surface area contributed by atoms with E-state index in [2.05, 4.69) is 17.9 Å². The molecule has 0 radical (unpaired) electrons. The number of ether oxygens (including phenoxy) is 1. The Morgan fingerprint density at radius 1 is 0.600 bits per heavy atom. The first-order chi connectivity index (χ1) is 11.9. The van der Waals surface area contributed by atoms with Crippen LogP contribution >= 0.6 is 0 Å². The highest BCUT2D eigenvalue weighted by Gasteiger charge is 2.25. The van der Waals surface area contributed by atoms with Gasteiger partial charge in [-0.2, -0.15) is 0 Å². The first-order valence-electron chi connectivity index (χ1n) is 7.25. The molecule has 2 rings (SSSR count). The number of benzene rings is 2. The monoisotopic (exact) mass is 334 g/mol. The lowest BCUT2D eigenvalue weighted by atomic mass is 10.0. The fraction of sp³-hybridized carbons (Fsp3) is 0. The van der Waals surface area contributed by atoms with Crippen molar-refractivity contribution in [2.75, 3.05) is 0 Å². The Kier molecular flexibility index (Phi) is 5.53. The minimum atomic E-state index is -1.22. The van der Waals surface area contributed by atoms with Crippen LogP contribution in [-0.4, -0.2) is 23.5 Å². The van der Waals surface area contributed by atoms with E-state index in [-0.39, 0.29) is 11.1 Å². The molecule has 0 atom stereocenters. The van der Waals surface area contributed by atoms with E-state index in [1.807, 2.05) is 0 Å². The lowest BCUT2D eigenvalue weighted by Crippen LogP contribution is -2.22. The molecule has 0 aliphatic carbocycles. The Morgan fingerprint density at radius 2 is 0.920 bits per heavy atom. The van der Waals surface area contributed by atoms with Crippen molar-refractivity contribution in [3.8, 4) is 0 Å². The fourth-order valence-electron chi connectivity index (χ4n) is 1.92. The summed E-state index contributed by atoms with van der Waals surface area (Å²) >= 11 is 0. The highest BCUT2D eigenvalue weighted by Crippen LogP contribution is 2.12. The summed E-state index contributed by atoms with van der Waals surface area (Å²) in [4.78, 5) is 48.0. The number of carbonyl (C=O) groups is 4. The summed E-state index contributed by atoms with van der Waals surface area (Å²) in [6.07, 6.45) is 0. The van der Waals surface area contributed by atoms with Crippen LogP contribution in [0.5, 0.6) is 0 Å². The second-order valence-electron chi connectivity index (χ2n) is 5.02. The molecule has 25 heavy (non-hydrogen) atoms. The number of carbonyl (C=O) groups excluding carboxylic acids is 4. The van der Waals surface area contributed by atoms with E-state index in [1.54, 1.807) is 36.4 Å². The average molecular weight is 334 g/mol. The SMILES string of the molecule is C=C(C(=O)OC(=O)C(=C)C(=O)c1ccccc1)C(=O)c1ccccc1. The van der Waals surface area contributed by atoms with Gasteiger partial charge in [-0.25, -0.2) is 9.59 Å². The van der Waals surface area contributed by atoms with Crippen molar-refractivity contribution in [3.63, 3.8) is 0 Å². The molecule has 0 spiro atoms. The highest BCUT2D eigenvalue weighted by atomic mass is 16.6. The maximum absolute atomic E-state index is 12.1. The Hall–Kier alpha value is -3.60. The molecule has 0 unspecified atom stereocenters. The molecule has 0 fully saturated rings. The molecule has 2 aromatic rings. The Morgan fingerprint density at radius 3 is 1.24 bits per heavy atom. The van der Waals surface area contributed by atoms with Crippen LogP contribution in [0, 0.1) is 0 Å². The highest BCUT2D eigenvalue weighted by molar-refractivity contribution is 6.29. The summed E-state index contributed by atoms with van der Waals surface area (Å²) in [6, 6.07) is 15.9. The van der Waals surface area contributed by atoms with Gasteiger partial charge in [0.25, 0.3) is 0 Å². The standard InChI is InChI=1S/C20H14O5/c1-13(17(21)15-9-5-3-6-10-15)19(23)25-20(24)14(2)18(22)16-11-7-4-8-12-16/h3-12H,1-2H2. The van der Waals surface area contributed by atoms with Crippen LogP contribution in [0.25, 0.3) is 0 Å². The van der Waals surface area contributed by atoms with Gasteiger partial charge in [-0.15, -0.1) is 0 Å². The molecule has 0 saturated carbocycles. The molecule has 5 heteroatoms. The van der Waals surface area contributed by atoms with Crippen molar-refractivity contribution < 1.29 is 23.9 Å². The van der Waals surface area contributed by atoms with Gasteiger partial charge in [-0.05, 0) is 0 Å². The normalized spacial score (nSPS) is 9.76. The van der Waals surface area contributed by atoms with Crippen LogP contribution in [0.4, 0.5) is 0 Å². The lowest BCUT2D eigenvalue weighted by molar-refractivity contribution is -0.153. The summed E-state index contributed by atoms with van der Waals surface area (Å²) < 4.78 is 4.54. The van der Waals surface area contributed by atoms with Crippen molar-refractivity contribution in [2.45, 2.75) is 0 Å². The molecule has 0 aromatic heterocycles. The van der Waals surface area contributed by atoms with Gasteiger partial charge in [-0.3, -0.25) is 9.59 Å². The van der Waals surface area contributed by atoms with E-state index in [1.165, 1.54) is 24.3 Å². The van der Waals surface area contributed by atoms with Gasteiger partial charge < -0.3 is 4.74 Å². The Labute approximate surface area is 144 Å². The summed E-state index contributed by atoms with van der Waals surface area (Å²) in [5.41, 5.74) is -0.564. The molecular formula is C20H14O5. The summed E-state index contributed by atoms with van der Waals surface area (Å²) in [6.45, 7) is 6.71. The van der Waals surface area contributed by atoms with Crippen molar-refractivity contribution in [1.29, 1.82) is 0 Å². The quantitative estimate of drug-likeness (QED) is 0.267. The van der Waals surface area contributed by atoms with Crippen molar-refractivity contribution in [1.82, 2.24) is 0 Å². The molecule has 5 nitrogen and oxygen atoms in total. The van der Waals surface area contributed by atoms with Crippen LogP contribution < -0.4 is 0 Å². The van der Waals surface area contributed by atoms with E-state index < -0.39 is 34.7 Å². The second-order valence-corrected chi connectivity index (χ2v) is 5.02. The van der Waals surface area contributed by atoms with Crippen molar-refractivity contribution in [2.24, 2.45) is 0 Å². The predicted octanol–water partition coefficient (Wildman–Crippen LogP) is 2.93. The number of hydrogen-bond donors (Lipinski definition) is 0. The summed E-state index contributed by atoms with van der Waals surface area (Å²) in [5, 5.41) is 0. The third-order valence-corrected chi connectivity index (χ3v) is 3.30. The van der Waals surface area contributed by atoms with E-state index in [0.717, 1.165) is 0 Å². The lowest BCUT2D eigenvalue weighted by Gasteiger charge is -2.06. The topological polar surface area (TPSA) is 77.5 Å². The average Bonchev–Trinajstić information content (AvgIpc) is 2.66. The molecule has 0 heterocycles. The zero-order valence-corrected chi connectivity index (χ0v) is 13.2. The number of rotatable bonds is 6. The van der Waals surface area contributed by atoms with Crippen LogP contribution in [0.2, 0.25) is 0 Å². The maximum Gasteiger partial charge on any atom is 0.349 e. The van der Waals surface area contributed by atoms with Gasteiger partial charge in [0.2, 0.25) is 0 Å². The molecule has 0 aliphatic rings. The molecule has 2 aromatic carbocycles. The summed E-state index contributed by atoms with van der Waals surface area (Å²) in [5.74, 6) is -3.78. The molecule has 0 saturated heterocycles. The van der Waals surface area contributed by atoms with Crippen LogP contribution in [0.3, 0.4) is 0 Å². The van der Waals surface area contributed by atoms with Gasteiger partial charge in [0.05, 0.1) is 0 Å². The molecule has 0 bridgehead atoms. The third kappa shape index (κ3) is 4.23. The minimum absolute atomic E-state index is 0.232. The number of ketones is 2. The first-order valence-corrected chi connectivity index (χ1v) is 7.25. The van der Waals surface area contributed by atoms with E-state index in [0.29, 0.717) is 0 Å². The number of hydrogen-bond acceptors (Lipinski definition) is 5. The van der Waals surface area contributed by atoms with Crippen LogP contribution in [-0.2, 0) is 14.3 Å². The largest absolute Gasteiger partial charge is 0.386 e. The minimum Gasteiger partial charge on any atom is -0.386 e. The van der Waals surface area contributed by atoms with Gasteiger partial charge in [0.15, 0.2) is 11.6 Å². The maximum atomic E-state index is 12.1. The van der Waals surface area contributed by atoms with E-state index >= 15 is 0 Å². The third-order valence-electron chi connectivity index (χ3n) is 3.30. The first kappa shape index (κ1) is 17.7. The molecule has 0 amide bonds. The Balaban J connectivity index is 2.03. The van der Waals surface area contributed by atoms with E-state index in [9.17, 15) is 19.2 Å². The molecule has 0 aliphatic heterocycles. The zero-order chi connectivity index (χ0) is 18.4. The van der Waals surface area contributed by atoms with Gasteiger partial charge >= 0.3 is 11.9 Å². The molecular weight excluding hydrogens is 320 g/mol. The Bertz CT molecular complexity index is 790. The van der Waals surface area contributed by atoms with Crippen LogP contribution in [0.15, 0.2) is 85.0 Å². The summed E-state index contributed by atoms with van der Waals surface area (Å²) in [7, 11) is 0. The zero-order valence-electron chi connectivity index (χ0n) is 13.2. The number of esters is 2. The molecule has 0 N–H and O–H groups in total. The van der Waals surface area contributed by atoms with Crippen molar-refractivity contribution in [3.05, 3.63) is 96.1 Å². The van der Waals surface area contributed by atoms with Gasteiger partial charge in [0.1, 0.15) is 11.1 Å². The van der Waals surface area contributed by atoms with Gasteiger partial charge in [-0.1, -0.05) is 73.8 Å². The predicted molar refractivity (Wildman–Crippen MR) is 90.9 cm³/mol.